The van der Waals surface area contributed by atoms with Gasteiger partial charge in [0.1, 0.15) is 16.8 Å². The second kappa shape index (κ2) is 4.86. The lowest BCUT2D eigenvalue weighted by molar-refractivity contribution is 0.415. The summed E-state index contributed by atoms with van der Waals surface area (Å²) in [5.41, 5.74) is 2.25. The maximum atomic E-state index is 12.5. The van der Waals surface area contributed by atoms with Crippen LogP contribution in [0.25, 0.3) is 21.9 Å². The topological polar surface area (TPSA) is 49.1 Å². The van der Waals surface area contributed by atoms with Crippen LogP contribution in [-0.2, 0) is 13.6 Å². The first-order valence-corrected chi connectivity index (χ1v) is 6.93. The molecule has 1 aromatic carbocycles. The molecule has 0 N–H and O–H groups in total. The van der Waals surface area contributed by atoms with E-state index in [2.05, 4.69) is 17.6 Å². The third kappa shape index (κ3) is 1.79. The van der Waals surface area contributed by atoms with E-state index in [0.29, 0.717) is 23.3 Å². The summed E-state index contributed by atoms with van der Waals surface area (Å²) in [6, 6.07) is 5.73. The van der Waals surface area contributed by atoms with Gasteiger partial charge in [-0.05, 0) is 18.2 Å². The van der Waals surface area contributed by atoms with E-state index in [4.69, 9.17) is 4.74 Å². The maximum absolute atomic E-state index is 12.5. The van der Waals surface area contributed by atoms with Gasteiger partial charge in [-0.2, -0.15) is 12.6 Å². The van der Waals surface area contributed by atoms with Gasteiger partial charge in [-0.1, -0.05) is 0 Å². The molecule has 5 nitrogen and oxygen atoms in total. The molecule has 0 atom stereocenters. The first-order valence-electron chi connectivity index (χ1n) is 6.30. The van der Waals surface area contributed by atoms with Crippen molar-refractivity contribution in [3.8, 4) is 5.75 Å². The van der Waals surface area contributed by atoms with Gasteiger partial charge in [-0.3, -0.25) is 9.36 Å². The van der Waals surface area contributed by atoms with Crippen molar-refractivity contribution < 1.29 is 4.74 Å². The molecule has 20 heavy (non-hydrogen) atoms. The zero-order valence-electron chi connectivity index (χ0n) is 11.3. The van der Waals surface area contributed by atoms with E-state index in [1.54, 1.807) is 18.0 Å². The highest BCUT2D eigenvalue weighted by Gasteiger charge is 2.14. The number of ether oxygens (including phenoxy) is 1. The number of fused-ring (bicyclic) bond motifs is 3. The molecule has 0 fully saturated rings. The Morgan fingerprint density at radius 1 is 1.40 bits per heavy atom. The predicted molar refractivity (Wildman–Crippen MR) is 82.9 cm³/mol. The summed E-state index contributed by atoms with van der Waals surface area (Å²) >= 11 is 4.16. The van der Waals surface area contributed by atoms with E-state index in [0.717, 1.165) is 16.7 Å². The lowest BCUT2D eigenvalue weighted by Gasteiger charge is -2.03. The first-order chi connectivity index (χ1) is 9.67. The lowest BCUT2D eigenvalue weighted by atomic mass is 10.2. The van der Waals surface area contributed by atoms with E-state index >= 15 is 0 Å². The predicted octanol–water partition coefficient (Wildman–Crippen LogP) is 1.83. The SMILES string of the molecule is COc1ccc2c(c1)c1ncn(CCS)c(=O)c1n2C. The Bertz CT molecular complexity index is 851. The summed E-state index contributed by atoms with van der Waals surface area (Å²) in [7, 11) is 3.50. The molecule has 0 aliphatic carbocycles. The van der Waals surface area contributed by atoms with Gasteiger partial charge in [-0.25, -0.2) is 4.98 Å². The van der Waals surface area contributed by atoms with Crippen molar-refractivity contribution in [1.29, 1.82) is 0 Å². The molecule has 3 aromatic rings. The zero-order valence-corrected chi connectivity index (χ0v) is 12.2. The molecule has 104 valence electrons. The van der Waals surface area contributed by atoms with Crippen LogP contribution in [0.1, 0.15) is 0 Å². The minimum atomic E-state index is -0.0401. The Labute approximate surface area is 121 Å². The normalized spacial score (nSPS) is 11.3. The highest BCUT2D eigenvalue weighted by molar-refractivity contribution is 7.80. The van der Waals surface area contributed by atoms with Gasteiger partial charge in [0.15, 0.2) is 0 Å². The molecule has 0 aliphatic rings. The summed E-state index contributed by atoms with van der Waals surface area (Å²) in [6.45, 7) is 0.551. The number of thiol groups is 1. The first kappa shape index (κ1) is 13.1. The second-order valence-electron chi connectivity index (χ2n) is 4.61. The zero-order chi connectivity index (χ0) is 14.3. The minimum absolute atomic E-state index is 0.0401. The van der Waals surface area contributed by atoms with E-state index in [9.17, 15) is 4.79 Å². The quantitative estimate of drug-likeness (QED) is 0.748. The molecular weight excluding hydrogens is 274 g/mol. The number of nitrogens with zero attached hydrogens (tertiary/aromatic N) is 3. The van der Waals surface area contributed by atoms with Crippen molar-refractivity contribution in [1.82, 2.24) is 14.1 Å². The van der Waals surface area contributed by atoms with Crippen LogP contribution in [0.2, 0.25) is 0 Å². The molecule has 2 heterocycles. The summed E-state index contributed by atoms with van der Waals surface area (Å²) in [4.78, 5) is 16.9. The molecule has 0 spiro atoms. The van der Waals surface area contributed by atoms with Crippen LogP contribution in [0.5, 0.6) is 5.75 Å². The molecule has 0 aliphatic heterocycles. The summed E-state index contributed by atoms with van der Waals surface area (Å²) in [5.74, 6) is 1.36. The average molecular weight is 289 g/mol. The van der Waals surface area contributed by atoms with Gasteiger partial charge >= 0.3 is 0 Å². The monoisotopic (exact) mass is 289 g/mol. The van der Waals surface area contributed by atoms with E-state index in [-0.39, 0.29) is 5.56 Å². The molecule has 2 aromatic heterocycles. The fraction of sp³-hybridized carbons (Fsp3) is 0.286. The molecule has 0 unspecified atom stereocenters. The lowest BCUT2D eigenvalue weighted by Crippen LogP contribution is -2.22. The van der Waals surface area contributed by atoms with Gasteiger partial charge in [0.25, 0.3) is 5.56 Å². The number of aromatic nitrogens is 3. The third-order valence-electron chi connectivity index (χ3n) is 3.51. The summed E-state index contributed by atoms with van der Waals surface area (Å²) in [6.07, 6.45) is 1.58. The van der Waals surface area contributed by atoms with Gasteiger partial charge < -0.3 is 9.30 Å². The number of hydrogen-bond acceptors (Lipinski definition) is 4. The molecule has 0 saturated heterocycles. The Kier molecular flexibility index (Phi) is 3.17. The van der Waals surface area contributed by atoms with Crippen LogP contribution in [0, 0.1) is 0 Å². The van der Waals surface area contributed by atoms with Gasteiger partial charge in [0.2, 0.25) is 0 Å². The molecule has 0 amide bonds. The average Bonchev–Trinajstić information content (AvgIpc) is 2.75. The number of rotatable bonds is 3. The van der Waals surface area contributed by atoms with Gasteiger partial charge in [-0.15, -0.1) is 0 Å². The van der Waals surface area contributed by atoms with Crippen molar-refractivity contribution in [2.75, 3.05) is 12.9 Å². The van der Waals surface area contributed by atoms with E-state index in [1.165, 1.54) is 0 Å². The number of methoxy groups -OCH3 is 1. The second-order valence-corrected chi connectivity index (χ2v) is 5.05. The highest BCUT2D eigenvalue weighted by atomic mass is 32.1. The van der Waals surface area contributed by atoms with Crippen LogP contribution < -0.4 is 10.3 Å². The van der Waals surface area contributed by atoms with Crippen molar-refractivity contribution in [3.05, 3.63) is 34.9 Å². The van der Waals surface area contributed by atoms with Crippen LogP contribution in [0.3, 0.4) is 0 Å². The Morgan fingerprint density at radius 2 is 2.20 bits per heavy atom. The largest absolute Gasteiger partial charge is 0.497 e. The van der Waals surface area contributed by atoms with E-state index < -0.39 is 0 Å². The highest BCUT2D eigenvalue weighted by Crippen LogP contribution is 2.27. The Balaban J connectivity index is 2.42. The summed E-state index contributed by atoms with van der Waals surface area (Å²) < 4.78 is 8.71. The molecule has 3 rings (SSSR count). The van der Waals surface area contributed by atoms with Crippen molar-refractivity contribution in [3.63, 3.8) is 0 Å². The minimum Gasteiger partial charge on any atom is -0.497 e. The van der Waals surface area contributed by atoms with Crippen LogP contribution in [0.15, 0.2) is 29.3 Å². The Hall–Kier alpha value is -1.95. The van der Waals surface area contributed by atoms with Crippen LogP contribution in [0.4, 0.5) is 0 Å². The van der Waals surface area contributed by atoms with Gasteiger partial charge in [0, 0.05) is 24.7 Å². The van der Waals surface area contributed by atoms with Crippen LogP contribution in [-0.4, -0.2) is 27.0 Å². The fourth-order valence-corrected chi connectivity index (χ4v) is 2.70. The Morgan fingerprint density at radius 3 is 2.90 bits per heavy atom. The van der Waals surface area contributed by atoms with Crippen LogP contribution >= 0.6 is 12.6 Å². The summed E-state index contributed by atoms with van der Waals surface area (Å²) in [5, 5.41) is 0.928. The number of hydrogen-bond donors (Lipinski definition) is 1. The van der Waals surface area contributed by atoms with Crippen molar-refractivity contribution in [2.45, 2.75) is 6.54 Å². The van der Waals surface area contributed by atoms with Crippen molar-refractivity contribution >= 4 is 34.6 Å². The maximum Gasteiger partial charge on any atom is 0.277 e. The fourth-order valence-electron chi connectivity index (χ4n) is 2.49. The van der Waals surface area contributed by atoms with E-state index in [1.807, 2.05) is 29.8 Å². The number of aryl methyl sites for hydroxylation is 2. The molecular formula is C14H15N3O2S. The third-order valence-corrected chi connectivity index (χ3v) is 3.71. The molecule has 0 radical (unpaired) electrons. The number of benzene rings is 1. The molecule has 6 heteroatoms. The molecule has 0 saturated carbocycles. The standard InChI is InChI=1S/C14H15N3O2S/c1-16-11-4-3-9(19-2)7-10(11)12-13(16)14(18)17(5-6-20)8-15-12/h3-4,7-8,20H,5-6H2,1-2H3. The smallest absolute Gasteiger partial charge is 0.277 e. The van der Waals surface area contributed by atoms with Gasteiger partial charge in [0.05, 0.1) is 19.0 Å². The van der Waals surface area contributed by atoms with Crippen molar-refractivity contribution in [2.24, 2.45) is 7.05 Å². The molecule has 0 bridgehead atoms.